The molecule has 1 saturated heterocycles. The van der Waals surface area contributed by atoms with Gasteiger partial charge in [0.25, 0.3) is 0 Å². The lowest BCUT2D eigenvalue weighted by Gasteiger charge is -2.51. The Bertz CT molecular complexity index is 253. The second-order valence-corrected chi connectivity index (χ2v) is 6.87. The van der Waals surface area contributed by atoms with Crippen LogP contribution in [0.25, 0.3) is 0 Å². The summed E-state index contributed by atoms with van der Waals surface area (Å²) in [6, 6.07) is 0.486. The van der Waals surface area contributed by atoms with Gasteiger partial charge in [0.15, 0.2) is 0 Å². The van der Waals surface area contributed by atoms with Crippen LogP contribution in [-0.4, -0.2) is 42.8 Å². The van der Waals surface area contributed by atoms with Gasteiger partial charge in [0.05, 0.1) is 0 Å². The molecule has 100 valence electrons. The van der Waals surface area contributed by atoms with Crippen LogP contribution in [0.1, 0.15) is 46.5 Å². The summed E-state index contributed by atoms with van der Waals surface area (Å²) < 4.78 is 12.8. The summed E-state index contributed by atoms with van der Waals surface area (Å²) in [6.45, 7) is 9.27. The number of hydrogen-bond acceptors (Lipinski definition) is 2. The fraction of sp³-hybridized carbons (Fsp3) is 1.00. The number of rotatable bonds is 2. The van der Waals surface area contributed by atoms with E-state index in [1.54, 1.807) is 0 Å². The van der Waals surface area contributed by atoms with Gasteiger partial charge in [-0.25, -0.2) is 4.39 Å². The SMILES string of the molecule is CC(C)(C)C1CN(CCF)C2(CCCC2)CN1. The van der Waals surface area contributed by atoms with Gasteiger partial charge in [-0.1, -0.05) is 33.6 Å². The molecule has 1 aliphatic heterocycles. The summed E-state index contributed by atoms with van der Waals surface area (Å²) in [6.07, 6.45) is 5.11. The first kappa shape index (κ1) is 13.3. The van der Waals surface area contributed by atoms with Crippen molar-refractivity contribution in [1.82, 2.24) is 10.2 Å². The summed E-state index contributed by atoms with van der Waals surface area (Å²) >= 11 is 0. The van der Waals surface area contributed by atoms with Crippen LogP contribution >= 0.6 is 0 Å². The summed E-state index contributed by atoms with van der Waals surface area (Å²) in [5.74, 6) is 0. The van der Waals surface area contributed by atoms with Gasteiger partial charge in [-0.15, -0.1) is 0 Å². The molecule has 0 amide bonds. The molecular formula is C14H27FN2. The van der Waals surface area contributed by atoms with Gasteiger partial charge in [-0.2, -0.15) is 0 Å². The van der Waals surface area contributed by atoms with E-state index in [0.717, 1.165) is 13.1 Å². The van der Waals surface area contributed by atoms with E-state index in [-0.39, 0.29) is 17.6 Å². The van der Waals surface area contributed by atoms with E-state index in [9.17, 15) is 4.39 Å². The first-order valence-electron chi connectivity index (χ1n) is 7.02. The normalized spacial score (nSPS) is 30.0. The Balaban J connectivity index is 2.08. The average molecular weight is 242 g/mol. The maximum Gasteiger partial charge on any atom is 0.102 e. The largest absolute Gasteiger partial charge is 0.310 e. The number of alkyl halides is 1. The predicted octanol–water partition coefficient (Wildman–Crippen LogP) is 2.59. The number of nitrogens with zero attached hydrogens (tertiary/aromatic N) is 1. The van der Waals surface area contributed by atoms with Gasteiger partial charge in [0, 0.05) is 31.2 Å². The molecule has 3 heteroatoms. The molecule has 0 bridgehead atoms. The molecule has 1 unspecified atom stereocenters. The van der Waals surface area contributed by atoms with Gasteiger partial charge in [-0.05, 0) is 18.3 Å². The Labute approximate surface area is 105 Å². The van der Waals surface area contributed by atoms with Gasteiger partial charge >= 0.3 is 0 Å². The minimum absolute atomic E-state index is 0.210. The zero-order valence-corrected chi connectivity index (χ0v) is 11.6. The van der Waals surface area contributed by atoms with Crippen LogP contribution in [0.2, 0.25) is 0 Å². The zero-order valence-electron chi connectivity index (χ0n) is 11.6. The Hall–Kier alpha value is -0.150. The molecule has 1 spiro atoms. The predicted molar refractivity (Wildman–Crippen MR) is 70.0 cm³/mol. The van der Waals surface area contributed by atoms with Crippen LogP contribution in [0.4, 0.5) is 4.39 Å². The van der Waals surface area contributed by atoms with E-state index in [4.69, 9.17) is 0 Å². The highest BCUT2D eigenvalue weighted by Crippen LogP contribution is 2.38. The molecule has 17 heavy (non-hydrogen) atoms. The van der Waals surface area contributed by atoms with Crippen molar-refractivity contribution in [2.45, 2.75) is 58.0 Å². The van der Waals surface area contributed by atoms with Crippen molar-refractivity contribution < 1.29 is 4.39 Å². The summed E-state index contributed by atoms with van der Waals surface area (Å²) in [4.78, 5) is 2.44. The molecule has 2 nitrogen and oxygen atoms in total. The molecule has 0 aromatic heterocycles. The van der Waals surface area contributed by atoms with Gasteiger partial charge in [0.1, 0.15) is 6.67 Å². The lowest BCUT2D eigenvalue weighted by molar-refractivity contribution is 0.0134. The molecule has 1 aliphatic carbocycles. The molecular weight excluding hydrogens is 215 g/mol. The number of piperazine rings is 1. The molecule has 1 N–H and O–H groups in total. The minimum atomic E-state index is -0.210. The van der Waals surface area contributed by atoms with Crippen molar-refractivity contribution >= 4 is 0 Å². The fourth-order valence-electron chi connectivity index (χ4n) is 3.44. The van der Waals surface area contributed by atoms with E-state index in [1.807, 2.05) is 0 Å². The summed E-state index contributed by atoms with van der Waals surface area (Å²) in [5, 5.41) is 3.72. The van der Waals surface area contributed by atoms with Crippen molar-refractivity contribution in [2.24, 2.45) is 5.41 Å². The highest BCUT2D eigenvalue weighted by atomic mass is 19.1. The van der Waals surface area contributed by atoms with Crippen LogP contribution in [0.5, 0.6) is 0 Å². The fourth-order valence-corrected chi connectivity index (χ4v) is 3.44. The Morgan fingerprint density at radius 3 is 2.47 bits per heavy atom. The van der Waals surface area contributed by atoms with E-state index in [0.29, 0.717) is 12.6 Å². The van der Waals surface area contributed by atoms with E-state index in [1.165, 1.54) is 25.7 Å². The lowest BCUT2D eigenvalue weighted by atomic mass is 9.81. The Kier molecular flexibility index (Phi) is 3.79. The smallest absolute Gasteiger partial charge is 0.102 e. The number of nitrogens with one attached hydrogen (secondary N) is 1. The molecule has 2 rings (SSSR count). The zero-order chi connectivity index (χ0) is 12.5. The van der Waals surface area contributed by atoms with Crippen molar-refractivity contribution in [3.8, 4) is 0 Å². The first-order chi connectivity index (χ1) is 7.98. The molecule has 0 aromatic carbocycles. The standard InChI is InChI=1S/C14H27FN2/c1-13(2,3)12-10-17(9-8-15)14(11-16-12)6-4-5-7-14/h12,16H,4-11H2,1-3H3. The second kappa shape index (κ2) is 4.85. The summed E-state index contributed by atoms with van der Waals surface area (Å²) in [5.41, 5.74) is 0.530. The van der Waals surface area contributed by atoms with Crippen LogP contribution in [0.3, 0.4) is 0 Å². The molecule has 2 fully saturated rings. The van der Waals surface area contributed by atoms with Crippen molar-refractivity contribution in [3.05, 3.63) is 0 Å². The number of hydrogen-bond donors (Lipinski definition) is 1. The first-order valence-corrected chi connectivity index (χ1v) is 7.02. The van der Waals surface area contributed by atoms with Gasteiger partial charge in [0.2, 0.25) is 0 Å². The third kappa shape index (κ3) is 2.65. The van der Waals surface area contributed by atoms with E-state index < -0.39 is 0 Å². The van der Waals surface area contributed by atoms with Crippen LogP contribution in [-0.2, 0) is 0 Å². The quantitative estimate of drug-likeness (QED) is 0.800. The van der Waals surface area contributed by atoms with Gasteiger partial charge < -0.3 is 5.32 Å². The molecule has 1 atom stereocenters. The van der Waals surface area contributed by atoms with Gasteiger partial charge in [-0.3, -0.25) is 4.90 Å². The third-order valence-electron chi connectivity index (χ3n) is 4.69. The maximum atomic E-state index is 12.8. The molecule has 2 aliphatic rings. The van der Waals surface area contributed by atoms with Crippen LogP contribution < -0.4 is 5.32 Å². The monoisotopic (exact) mass is 242 g/mol. The Morgan fingerprint density at radius 1 is 1.29 bits per heavy atom. The highest BCUT2D eigenvalue weighted by Gasteiger charge is 2.45. The molecule has 1 saturated carbocycles. The third-order valence-corrected chi connectivity index (χ3v) is 4.69. The molecule has 1 heterocycles. The van der Waals surface area contributed by atoms with Crippen molar-refractivity contribution in [3.63, 3.8) is 0 Å². The van der Waals surface area contributed by atoms with Crippen LogP contribution in [0, 0.1) is 5.41 Å². The highest BCUT2D eigenvalue weighted by molar-refractivity contribution is 5.03. The lowest BCUT2D eigenvalue weighted by Crippen LogP contribution is -2.66. The Morgan fingerprint density at radius 2 is 1.94 bits per heavy atom. The average Bonchev–Trinajstić information content (AvgIpc) is 2.70. The van der Waals surface area contributed by atoms with Crippen LogP contribution in [0.15, 0.2) is 0 Å². The number of halogens is 1. The van der Waals surface area contributed by atoms with Crippen molar-refractivity contribution in [1.29, 1.82) is 0 Å². The minimum Gasteiger partial charge on any atom is -0.310 e. The second-order valence-electron chi connectivity index (χ2n) is 6.87. The maximum absolute atomic E-state index is 12.8. The van der Waals surface area contributed by atoms with Crippen molar-refractivity contribution in [2.75, 3.05) is 26.3 Å². The molecule has 0 radical (unpaired) electrons. The van der Waals surface area contributed by atoms with E-state index >= 15 is 0 Å². The molecule has 0 aromatic rings. The topological polar surface area (TPSA) is 15.3 Å². The summed E-state index contributed by atoms with van der Waals surface area (Å²) in [7, 11) is 0. The van der Waals surface area contributed by atoms with E-state index in [2.05, 4.69) is 31.0 Å².